The van der Waals surface area contributed by atoms with E-state index < -0.39 is 24.4 Å². The molecule has 20 heavy (non-hydrogen) atoms. The minimum Gasteiger partial charge on any atom is -0.392 e. The van der Waals surface area contributed by atoms with Gasteiger partial charge in [0, 0.05) is 0 Å². The normalized spacial score (nSPS) is 32.5. The summed E-state index contributed by atoms with van der Waals surface area (Å²) in [5.41, 5.74) is 0.808. The van der Waals surface area contributed by atoms with Gasteiger partial charge in [0.05, 0.1) is 31.9 Å². The van der Waals surface area contributed by atoms with Crippen LogP contribution < -0.4 is 5.32 Å². The highest BCUT2D eigenvalue weighted by molar-refractivity contribution is 5.76. The van der Waals surface area contributed by atoms with Crippen molar-refractivity contribution in [2.75, 3.05) is 18.5 Å². The molecule has 2 heterocycles. The van der Waals surface area contributed by atoms with Crippen LogP contribution in [0.5, 0.6) is 0 Å². The fraction of sp³-hybridized carbons (Fsp3) is 0.500. The molecule has 1 aliphatic heterocycles. The topological polar surface area (TPSA) is 123 Å². The first-order valence-corrected chi connectivity index (χ1v) is 6.30. The SMILES string of the molecule is OCC1=C[C@@H](n2cnc3c2NC=NCC3O)[C@H](O)[C@@H]1O. The van der Waals surface area contributed by atoms with Crippen LogP contribution in [0.25, 0.3) is 0 Å². The quantitative estimate of drug-likeness (QED) is 0.423. The van der Waals surface area contributed by atoms with Crippen LogP contribution in [-0.4, -0.2) is 61.7 Å². The average molecular weight is 280 g/mol. The number of aliphatic imine (C=N–C) groups is 1. The van der Waals surface area contributed by atoms with E-state index in [0.29, 0.717) is 17.1 Å². The molecule has 2 aliphatic rings. The minimum atomic E-state index is -1.10. The Bertz CT molecular complexity index is 568. The van der Waals surface area contributed by atoms with E-state index in [9.17, 15) is 15.3 Å². The first kappa shape index (κ1) is 13.3. The van der Waals surface area contributed by atoms with Crippen LogP contribution in [0.2, 0.25) is 0 Å². The zero-order valence-corrected chi connectivity index (χ0v) is 10.6. The fourth-order valence-corrected chi connectivity index (χ4v) is 2.55. The highest BCUT2D eigenvalue weighted by Crippen LogP contribution is 2.34. The second-order valence-electron chi connectivity index (χ2n) is 4.87. The molecule has 4 atom stereocenters. The second kappa shape index (κ2) is 4.98. The highest BCUT2D eigenvalue weighted by Gasteiger charge is 2.37. The average Bonchev–Trinajstić information content (AvgIpc) is 2.92. The molecule has 108 valence electrons. The molecule has 0 radical (unpaired) electrons. The maximum atomic E-state index is 10.1. The third-order valence-corrected chi connectivity index (χ3v) is 3.65. The number of fused-ring (bicyclic) bond motifs is 1. The van der Waals surface area contributed by atoms with Crippen molar-refractivity contribution in [1.29, 1.82) is 0 Å². The van der Waals surface area contributed by atoms with Gasteiger partial charge in [-0.15, -0.1) is 0 Å². The molecule has 0 aromatic carbocycles. The number of nitrogens with zero attached hydrogens (tertiary/aromatic N) is 3. The van der Waals surface area contributed by atoms with Crippen molar-refractivity contribution >= 4 is 12.2 Å². The second-order valence-corrected chi connectivity index (χ2v) is 4.87. The van der Waals surface area contributed by atoms with Crippen LogP contribution >= 0.6 is 0 Å². The Hall–Kier alpha value is -1.74. The lowest BCUT2D eigenvalue weighted by molar-refractivity contribution is 0.0284. The third-order valence-electron chi connectivity index (χ3n) is 3.65. The van der Waals surface area contributed by atoms with E-state index in [0.717, 1.165) is 0 Å². The van der Waals surface area contributed by atoms with Crippen LogP contribution in [-0.2, 0) is 0 Å². The van der Waals surface area contributed by atoms with Crippen LogP contribution in [0.15, 0.2) is 23.0 Å². The van der Waals surface area contributed by atoms with E-state index in [2.05, 4.69) is 15.3 Å². The Morgan fingerprint density at radius 3 is 2.85 bits per heavy atom. The Kier molecular flexibility index (Phi) is 3.30. The van der Waals surface area contributed by atoms with Crippen molar-refractivity contribution in [3.8, 4) is 0 Å². The summed E-state index contributed by atoms with van der Waals surface area (Å²) in [7, 11) is 0. The van der Waals surface area contributed by atoms with Gasteiger partial charge in [-0.05, 0) is 5.57 Å². The van der Waals surface area contributed by atoms with Crippen LogP contribution in [0.1, 0.15) is 17.8 Å². The predicted octanol–water partition coefficient (Wildman–Crippen LogP) is -1.43. The summed E-state index contributed by atoms with van der Waals surface area (Å²) in [5.74, 6) is 0.519. The summed E-state index contributed by atoms with van der Waals surface area (Å²) in [6, 6.07) is -0.561. The van der Waals surface area contributed by atoms with E-state index >= 15 is 0 Å². The fourth-order valence-electron chi connectivity index (χ4n) is 2.55. The molecule has 1 aliphatic carbocycles. The number of anilines is 1. The molecular formula is C12H16N4O4. The first-order chi connectivity index (χ1) is 9.63. The van der Waals surface area contributed by atoms with Crippen molar-refractivity contribution in [2.24, 2.45) is 4.99 Å². The maximum Gasteiger partial charge on any atom is 0.137 e. The molecular weight excluding hydrogens is 264 g/mol. The Labute approximate surface area is 114 Å². The van der Waals surface area contributed by atoms with E-state index in [1.807, 2.05) is 0 Å². The number of nitrogens with one attached hydrogen (secondary N) is 1. The smallest absolute Gasteiger partial charge is 0.137 e. The summed E-state index contributed by atoms with van der Waals surface area (Å²) in [6.45, 7) is -0.103. The zero-order valence-electron chi connectivity index (χ0n) is 10.6. The summed E-state index contributed by atoms with van der Waals surface area (Å²) in [5, 5.41) is 41.9. The van der Waals surface area contributed by atoms with Gasteiger partial charge in [0.2, 0.25) is 0 Å². The molecule has 1 unspecified atom stereocenters. The molecule has 0 saturated heterocycles. The van der Waals surface area contributed by atoms with Crippen molar-refractivity contribution in [3.05, 3.63) is 23.7 Å². The van der Waals surface area contributed by atoms with Gasteiger partial charge in [0.1, 0.15) is 29.8 Å². The molecule has 0 saturated carbocycles. The van der Waals surface area contributed by atoms with Gasteiger partial charge >= 0.3 is 0 Å². The van der Waals surface area contributed by atoms with Crippen molar-refractivity contribution < 1.29 is 20.4 Å². The van der Waals surface area contributed by atoms with Gasteiger partial charge in [-0.1, -0.05) is 6.08 Å². The van der Waals surface area contributed by atoms with Gasteiger partial charge in [-0.2, -0.15) is 0 Å². The largest absolute Gasteiger partial charge is 0.392 e. The van der Waals surface area contributed by atoms with Crippen molar-refractivity contribution in [3.63, 3.8) is 0 Å². The Morgan fingerprint density at radius 1 is 1.35 bits per heavy atom. The monoisotopic (exact) mass is 280 g/mol. The van der Waals surface area contributed by atoms with Crippen LogP contribution in [0.4, 0.5) is 5.82 Å². The van der Waals surface area contributed by atoms with Gasteiger partial charge in [0.15, 0.2) is 0 Å². The summed E-state index contributed by atoms with van der Waals surface area (Å²) in [4.78, 5) is 8.10. The lowest BCUT2D eigenvalue weighted by atomic mass is 10.1. The van der Waals surface area contributed by atoms with Gasteiger partial charge in [0.25, 0.3) is 0 Å². The highest BCUT2D eigenvalue weighted by atomic mass is 16.3. The number of aromatic nitrogens is 2. The zero-order chi connectivity index (χ0) is 14.3. The molecule has 0 fully saturated rings. The summed E-state index contributed by atoms with van der Waals surface area (Å²) < 4.78 is 1.62. The Balaban J connectivity index is 2.00. The van der Waals surface area contributed by atoms with Gasteiger partial charge in [-0.25, -0.2) is 4.98 Å². The van der Waals surface area contributed by atoms with E-state index in [1.165, 1.54) is 12.7 Å². The number of rotatable bonds is 2. The molecule has 0 spiro atoms. The van der Waals surface area contributed by atoms with E-state index in [-0.39, 0.29) is 13.2 Å². The number of hydrogen-bond acceptors (Lipinski definition) is 7. The molecule has 8 heteroatoms. The molecule has 0 amide bonds. The van der Waals surface area contributed by atoms with Crippen molar-refractivity contribution in [2.45, 2.75) is 24.4 Å². The van der Waals surface area contributed by atoms with Gasteiger partial charge < -0.3 is 30.3 Å². The maximum absolute atomic E-state index is 10.1. The predicted molar refractivity (Wildman–Crippen MR) is 70.4 cm³/mol. The number of hydrogen-bond donors (Lipinski definition) is 5. The summed E-state index contributed by atoms with van der Waals surface area (Å²) >= 11 is 0. The molecule has 5 N–H and O–H groups in total. The minimum absolute atomic E-state index is 0.213. The molecule has 0 bridgehead atoms. The number of aliphatic hydroxyl groups excluding tert-OH is 4. The van der Waals surface area contributed by atoms with E-state index in [4.69, 9.17) is 5.11 Å². The summed E-state index contributed by atoms with van der Waals surface area (Å²) in [6.07, 6.45) is 1.55. The molecule has 8 nitrogen and oxygen atoms in total. The van der Waals surface area contributed by atoms with Crippen molar-refractivity contribution in [1.82, 2.24) is 9.55 Å². The number of imidazole rings is 1. The molecule has 1 aromatic heterocycles. The lowest BCUT2D eigenvalue weighted by Crippen LogP contribution is -2.30. The van der Waals surface area contributed by atoms with E-state index in [1.54, 1.807) is 10.6 Å². The van der Waals surface area contributed by atoms with Crippen LogP contribution in [0, 0.1) is 0 Å². The first-order valence-electron chi connectivity index (χ1n) is 6.30. The molecule has 3 rings (SSSR count). The van der Waals surface area contributed by atoms with Crippen LogP contribution in [0.3, 0.4) is 0 Å². The third kappa shape index (κ3) is 1.93. The van der Waals surface area contributed by atoms with Gasteiger partial charge in [-0.3, -0.25) is 4.99 Å². The molecule has 1 aromatic rings. The Morgan fingerprint density at radius 2 is 2.15 bits per heavy atom. The number of aliphatic hydroxyl groups is 4. The standard InChI is InChI=1S/C12H16N4O4/c17-3-6-1-7(11(20)10(6)19)16-5-15-9-8(18)2-13-4-14-12(9)16/h1,4-5,7-8,10-11,17-20H,2-3H2,(H,13,14)/t7-,8?,10-,11+/m1/s1. The lowest BCUT2D eigenvalue weighted by Gasteiger charge is -2.20.